The monoisotopic (exact) mass is 316 g/mol. The van der Waals surface area contributed by atoms with Gasteiger partial charge in [0.1, 0.15) is 0 Å². The molecule has 0 radical (unpaired) electrons. The number of aromatic nitrogens is 2. The van der Waals surface area contributed by atoms with E-state index in [0.717, 1.165) is 27.3 Å². The number of hydrogen-bond donors (Lipinski definition) is 3. The first-order valence-electron chi connectivity index (χ1n) is 6.44. The molecule has 106 valence electrons. The van der Waals surface area contributed by atoms with E-state index < -0.39 is 0 Å². The van der Waals surface area contributed by atoms with E-state index in [0.29, 0.717) is 11.7 Å². The van der Waals surface area contributed by atoms with Crippen LogP contribution in [0, 0.1) is 0 Å². The molecular weight excluding hydrogens is 304 g/mol. The van der Waals surface area contributed by atoms with Crippen LogP contribution in [0.3, 0.4) is 0 Å². The SMILES string of the molecule is S=C(NCc1ccccc1Cl)Nc1ccc2[nH]cnc2c1. The number of halogens is 1. The Morgan fingerprint density at radius 3 is 2.95 bits per heavy atom. The minimum absolute atomic E-state index is 0.546. The maximum absolute atomic E-state index is 6.11. The highest BCUT2D eigenvalue weighted by atomic mass is 35.5. The normalized spacial score (nSPS) is 10.5. The van der Waals surface area contributed by atoms with Crippen LogP contribution >= 0.6 is 23.8 Å². The van der Waals surface area contributed by atoms with Gasteiger partial charge < -0.3 is 15.6 Å². The van der Waals surface area contributed by atoms with Crippen molar-refractivity contribution >= 4 is 45.7 Å². The lowest BCUT2D eigenvalue weighted by Crippen LogP contribution is -2.27. The van der Waals surface area contributed by atoms with Gasteiger partial charge in [0.2, 0.25) is 0 Å². The zero-order chi connectivity index (χ0) is 14.7. The third-order valence-electron chi connectivity index (χ3n) is 3.08. The van der Waals surface area contributed by atoms with Crippen molar-refractivity contribution in [1.29, 1.82) is 0 Å². The second-order valence-corrected chi connectivity index (χ2v) is 5.35. The van der Waals surface area contributed by atoms with Crippen LogP contribution in [0.4, 0.5) is 5.69 Å². The van der Waals surface area contributed by atoms with Gasteiger partial charge in [-0.15, -0.1) is 0 Å². The molecule has 6 heteroatoms. The first-order valence-corrected chi connectivity index (χ1v) is 7.22. The summed E-state index contributed by atoms with van der Waals surface area (Å²) in [6.07, 6.45) is 1.67. The molecule has 0 aliphatic rings. The van der Waals surface area contributed by atoms with E-state index in [1.165, 1.54) is 0 Å². The number of fused-ring (bicyclic) bond motifs is 1. The Labute approximate surface area is 132 Å². The zero-order valence-corrected chi connectivity index (χ0v) is 12.6. The number of benzene rings is 2. The van der Waals surface area contributed by atoms with Crippen LogP contribution in [0.1, 0.15) is 5.56 Å². The van der Waals surface area contributed by atoms with Gasteiger partial charge in [-0.2, -0.15) is 0 Å². The quantitative estimate of drug-likeness (QED) is 0.645. The number of H-pyrrole nitrogens is 1. The Balaban J connectivity index is 1.62. The lowest BCUT2D eigenvalue weighted by molar-refractivity contribution is 0.926. The number of nitrogens with zero attached hydrogens (tertiary/aromatic N) is 1. The predicted octanol–water partition coefficient (Wildman–Crippen LogP) is 3.70. The summed E-state index contributed by atoms with van der Waals surface area (Å²) >= 11 is 11.4. The highest BCUT2D eigenvalue weighted by Crippen LogP contribution is 2.16. The van der Waals surface area contributed by atoms with Crippen LogP contribution in [0.2, 0.25) is 5.02 Å². The third kappa shape index (κ3) is 3.32. The predicted molar refractivity (Wildman–Crippen MR) is 90.6 cm³/mol. The molecule has 0 unspecified atom stereocenters. The van der Waals surface area contributed by atoms with Gasteiger partial charge in [0.15, 0.2) is 5.11 Å². The highest BCUT2D eigenvalue weighted by Gasteiger charge is 2.02. The van der Waals surface area contributed by atoms with Crippen LogP contribution in [-0.2, 0) is 6.54 Å². The van der Waals surface area contributed by atoms with Gasteiger partial charge in [-0.3, -0.25) is 0 Å². The topological polar surface area (TPSA) is 52.7 Å². The molecule has 21 heavy (non-hydrogen) atoms. The summed E-state index contributed by atoms with van der Waals surface area (Å²) in [5, 5.41) is 7.55. The molecule has 0 amide bonds. The Bertz CT molecular complexity index is 784. The molecule has 0 atom stereocenters. The van der Waals surface area contributed by atoms with Crippen LogP contribution < -0.4 is 10.6 Å². The summed E-state index contributed by atoms with van der Waals surface area (Å²) in [5.41, 5.74) is 3.79. The minimum Gasteiger partial charge on any atom is -0.358 e. The van der Waals surface area contributed by atoms with E-state index in [1.54, 1.807) is 6.33 Å². The molecule has 0 spiro atoms. The van der Waals surface area contributed by atoms with Gasteiger partial charge in [0.25, 0.3) is 0 Å². The van der Waals surface area contributed by atoms with Gasteiger partial charge in [0.05, 0.1) is 17.4 Å². The molecule has 3 aromatic rings. The van der Waals surface area contributed by atoms with Gasteiger partial charge in [-0.1, -0.05) is 29.8 Å². The first kappa shape index (κ1) is 13.9. The van der Waals surface area contributed by atoms with Gasteiger partial charge in [0, 0.05) is 17.3 Å². The average Bonchev–Trinajstić information content (AvgIpc) is 2.94. The second-order valence-electron chi connectivity index (χ2n) is 4.53. The molecule has 1 heterocycles. The molecular formula is C15H13ClN4S. The second kappa shape index (κ2) is 6.11. The van der Waals surface area contributed by atoms with E-state index in [-0.39, 0.29) is 0 Å². The lowest BCUT2D eigenvalue weighted by Gasteiger charge is -2.11. The molecule has 0 saturated carbocycles. The molecule has 3 rings (SSSR count). The Morgan fingerprint density at radius 2 is 2.10 bits per heavy atom. The molecule has 0 fully saturated rings. The van der Waals surface area contributed by atoms with E-state index in [4.69, 9.17) is 23.8 Å². The van der Waals surface area contributed by atoms with E-state index >= 15 is 0 Å². The van der Waals surface area contributed by atoms with Gasteiger partial charge in [-0.05, 0) is 42.0 Å². The number of aromatic amines is 1. The summed E-state index contributed by atoms with van der Waals surface area (Å²) in [5.74, 6) is 0. The Hall–Kier alpha value is -2.11. The number of thiocarbonyl (C=S) groups is 1. The minimum atomic E-state index is 0.546. The zero-order valence-electron chi connectivity index (χ0n) is 11.1. The molecule has 0 bridgehead atoms. The van der Waals surface area contributed by atoms with Crippen molar-refractivity contribution in [3.8, 4) is 0 Å². The Kier molecular flexibility index (Phi) is 4.03. The molecule has 0 saturated heterocycles. The van der Waals surface area contributed by atoms with Crippen LogP contribution in [-0.4, -0.2) is 15.1 Å². The van der Waals surface area contributed by atoms with Crippen molar-refractivity contribution in [1.82, 2.24) is 15.3 Å². The van der Waals surface area contributed by atoms with E-state index in [2.05, 4.69) is 20.6 Å². The van der Waals surface area contributed by atoms with Gasteiger partial charge >= 0.3 is 0 Å². The van der Waals surface area contributed by atoms with Crippen molar-refractivity contribution in [3.05, 3.63) is 59.4 Å². The standard InChI is InChI=1S/C15H13ClN4S/c16-12-4-2-1-3-10(12)8-17-15(21)20-11-5-6-13-14(7-11)19-9-18-13/h1-7,9H,8H2,(H,18,19)(H2,17,20,21). The molecule has 1 aromatic heterocycles. The fourth-order valence-electron chi connectivity index (χ4n) is 2.00. The van der Waals surface area contributed by atoms with E-state index in [9.17, 15) is 0 Å². The molecule has 0 aliphatic carbocycles. The van der Waals surface area contributed by atoms with Crippen molar-refractivity contribution in [3.63, 3.8) is 0 Å². The fourth-order valence-corrected chi connectivity index (χ4v) is 2.39. The molecule has 2 aromatic carbocycles. The number of rotatable bonds is 3. The molecule has 4 nitrogen and oxygen atoms in total. The van der Waals surface area contributed by atoms with Crippen molar-refractivity contribution in [2.45, 2.75) is 6.54 Å². The van der Waals surface area contributed by atoms with Crippen LogP contribution in [0.15, 0.2) is 48.8 Å². The fraction of sp³-hybridized carbons (Fsp3) is 0.0667. The average molecular weight is 317 g/mol. The number of nitrogens with one attached hydrogen (secondary N) is 3. The summed E-state index contributed by atoms with van der Waals surface area (Å²) in [4.78, 5) is 7.27. The van der Waals surface area contributed by atoms with E-state index in [1.807, 2.05) is 42.5 Å². The number of imidazole rings is 1. The lowest BCUT2D eigenvalue weighted by atomic mass is 10.2. The maximum Gasteiger partial charge on any atom is 0.171 e. The summed E-state index contributed by atoms with van der Waals surface area (Å²) < 4.78 is 0. The van der Waals surface area contributed by atoms with Crippen molar-refractivity contribution < 1.29 is 0 Å². The summed E-state index contributed by atoms with van der Waals surface area (Å²) in [6, 6.07) is 13.5. The molecule has 0 aliphatic heterocycles. The summed E-state index contributed by atoms with van der Waals surface area (Å²) in [7, 11) is 0. The largest absolute Gasteiger partial charge is 0.358 e. The number of hydrogen-bond acceptors (Lipinski definition) is 2. The number of anilines is 1. The Morgan fingerprint density at radius 1 is 1.24 bits per heavy atom. The van der Waals surface area contributed by atoms with Crippen molar-refractivity contribution in [2.75, 3.05) is 5.32 Å². The smallest absolute Gasteiger partial charge is 0.171 e. The summed E-state index contributed by atoms with van der Waals surface area (Å²) in [6.45, 7) is 0.580. The van der Waals surface area contributed by atoms with Crippen LogP contribution in [0.5, 0.6) is 0 Å². The van der Waals surface area contributed by atoms with Crippen LogP contribution in [0.25, 0.3) is 11.0 Å². The first-order chi connectivity index (χ1) is 10.2. The highest BCUT2D eigenvalue weighted by molar-refractivity contribution is 7.80. The van der Waals surface area contributed by atoms with Gasteiger partial charge in [-0.25, -0.2) is 4.98 Å². The maximum atomic E-state index is 6.11. The van der Waals surface area contributed by atoms with Crippen molar-refractivity contribution in [2.24, 2.45) is 0 Å². The molecule has 3 N–H and O–H groups in total. The third-order valence-corrected chi connectivity index (χ3v) is 3.69.